The fourth-order valence-corrected chi connectivity index (χ4v) is 3.05. The van der Waals surface area contributed by atoms with Crippen molar-refractivity contribution in [3.8, 4) is 0 Å². The summed E-state index contributed by atoms with van der Waals surface area (Å²) in [7, 11) is -2.26. The van der Waals surface area contributed by atoms with E-state index in [2.05, 4.69) is 10.3 Å². The molecule has 7 nitrogen and oxygen atoms in total. The highest BCUT2D eigenvalue weighted by molar-refractivity contribution is 7.89. The van der Waals surface area contributed by atoms with Crippen molar-refractivity contribution in [2.45, 2.75) is 4.90 Å². The molecular formula is C12H18N4O3S. The van der Waals surface area contributed by atoms with Gasteiger partial charge < -0.3 is 10.2 Å². The summed E-state index contributed by atoms with van der Waals surface area (Å²) in [6, 6.07) is 3.02. The minimum Gasteiger partial charge on any atom is -0.339 e. The maximum Gasteiger partial charge on any atom is 0.244 e. The molecule has 0 bridgehead atoms. The summed E-state index contributed by atoms with van der Waals surface area (Å²) < 4.78 is 25.6. The number of likely N-dealkylation sites (N-methyl/N-ethyl adjacent to an activating group) is 1. The lowest BCUT2D eigenvalue weighted by Crippen LogP contribution is -2.49. The van der Waals surface area contributed by atoms with Crippen molar-refractivity contribution < 1.29 is 13.2 Å². The molecule has 1 aliphatic heterocycles. The van der Waals surface area contributed by atoms with E-state index in [4.69, 9.17) is 0 Å². The second-order valence-electron chi connectivity index (χ2n) is 4.58. The van der Waals surface area contributed by atoms with Crippen molar-refractivity contribution in [2.75, 3.05) is 39.8 Å². The molecule has 8 heteroatoms. The van der Waals surface area contributed by atoms with Crippen LogP contribution in [0.4, 0.5) is 0 Å². The maximum atomic E-state index is 12.3. The minimum atomic E-state index is -3.67. The van der Waals surface area contributed by atoms with Gasteiger partial charge in [0, 0.05) is 45.6 Å². The molecule has 0 saturated carbocycles. The van der Waals surface area contributed by atoms with Crippen LogP contribution in [0.1, 0.15) is 0 Å². The summed E-state index contributed by atoms with van der Waals surface area (Å²) in [5, 5.41) is 3.14. The number of rotatable bonds is 4. The van der Waals surface area contributed by atoms with Crippen molar-refractivity contribution in [1.82, 2.24) is 19.5 Å². The molecule has 110 valence electrons. The Kier molecular flexibility index (Phi) is 4.69. The quantitative estimate of drug-likeness (QED) is 0.782. The lowest BCUT2D eigenvalue weighted by atomic mass is 10.3. The van der Waals surface area contributed by atoms with E-state index in [1.54, 1.807) is 11.0 Å². The fraction of sp³-hybridized carbons (Fsp3) is 0.500. The Labute approximate surface area is 118 Å². The number of carbonyl (C=O) groups is 1. The predicted molar refractivity (Wildman–Crippen MR) is 73.5 cm³/mol. The largest absolute Gasteiger partial charge is 0.339 e. The lowest BCUT2D eigenvalue weighted by Gasteiger charge is -2.29. The Bertz CT molecular complexity index is 555. The van der Waals surface area contributed by atoms with Crippen LogP contribution >= 0.6 is 0 Å². The summed E-state index contributed by atoms with van der Waals surface area (Å²) in [5.74, 6) is -0.179. The molecule has 0 spiro atoms. The average molecular weight is 298 g/mol. The highest BCUT2D eigenvalue weighted by Crippen LogP contribution is 2.12. The number of nitrogens with zero attached hydrogens (tertiary/aromatic N) is 3. The zero-order chi connectivity index (χ0) is 14.6. The number of nitrogens with one attached hydrogen (secondary N) is 1. The molecule has 1 amide bonds. The second-order valence-corrected chi connectivity index (χ2v) is 6.63. The molecule has 1 saturated heterocycles. The van der Waals surface area contributed by atoms with Gasteiger partial charge in [-0.25, -0.2) is 8.42 Å². The topological polar surface area (TPSA) is 82.6 Å². The monoisotopic (exact) mass is 298 g/mol. The van der Waals surface area contributed by atoms with Crippen LogP contribution in [0, 0.1) is 0 Å². The molecule has 0 radical (unpaired) electrons. The zero-order valence-corrected chi connectivity index (χ0v) is 12.1. The SMILES string of the molecule is CN(CC(=O)N1CCNCC1)S(=O)(=O)c1cccnc1. The van der Waals surface area contributed by atoms with E-state index >= 15 is 0 Å². The Morgan fingerprint density at radius 3 is 2.75 bits per heavy atom. The average Bonchev–Trinajstić information content (AvgIpc) is 2.49. The van der Waals surface area contributed by atoms with E-state index < -0.39 is 10.0 Å². The summed E-state index contributed by atoms with van der Waals surface area (Å²) in [6.45, 7) is 2.55. The lowest BCUT2D eigenvalue weighted by molar-refractivity contribution is -0.131. The maximum absolute atomic E-state index is 12.3. The molecule has 1 aromatic heterocycles. The molecule has 1 N–H and O–H groups in total. The first kappa shape index (κ1) is 14.9. The summed E-state index contributed by atoms with van der Waals surface area (Å²) >= 11 is 0. The van der Waals surface area contributed by atoms with E-state index in [-0.39, 0.29) is 17.3 Å². The van der Waals surface area contributed by atoms with Crippen LogP contribution in [-0.4, -0.2) is 68.3 Å². The zero-order valence-electron chi connectivity index (χ0n) is 11.3. The van der Waals surface area contributed by atoms with E-state index in [1.807, 2.05) is 0 Å². The number of piperazine rings is 1. The van der Waals surface area contributed by atoms with Crippen molar-refractivity contribution in [3.63, 3.8) is 0 Å². The third-order valence-electron chi connectivity index (χ3n) is 3.17. The first-order chi connectivity index (χ1) is 9.51. The molecule has 0 unspecified atom stereocenters. The summed E-state index contributed by atoms with van der Waals surface area (Å²) in [5.41, 5.74) is 0. The Hall–Kier alpha value is -1.51. The van der Waals surface area contributed by atoms with Crippen LogP contribution < -0.4 is 5.32 Å². The number of pyridine rings is 1. The van der Waals surface area contributed by atoms with Crippen LogP contribution in [0.3, 0.4) is 0 Å². The molecule has 0 atom stereocenters. The van der Waals surface area contributed by atoms with Gasteiger partial charge >= 0.3 is 0 Å². The van der Waals surface area contributed by atoms with Crippen molar-refractivity contribution in [1.29, 1.82) is 0 Å². The third kappa shape index (κ3) is 3.33. The minimum absolute atomic E-state index is 0.0932. The molecule has 0 aliphatic carbocycles. The third-order valence-corrected chi connectivity index (χ3v) is 4.96. The van der Waals surface area contributed by atoms with Gasteiger partial charge in [-0.15, -0.1) is 0 Å². The van der Waals surface area contributed by atoms with Gasteiger partial charge in [0.2, 0.25) is 15.9 Å². The smallest absolute Gasteiger partial charge is 0.244 e. The van der Waals surface area contributed by atoms with E-state index in [0.29, 0.717) is 13.1 Å². The Morgan fingerprint density at radius 1 is 1.45 bits per heavy atom. The molecule has 1 aliphatic rings. The van der Waals surface area contributed by atoms with Crippen molar-refractivity contribution in [3.05, 3.63) is 24.5 Å². The van der Waals surface area contributed by atoms with E-state index in [1.165, 1.54) is 25.5 Å². The molecular weight excluding hydrogens is 280 g/mol. The molecule has 1 fully saturated rings. The molecule has 0 aromatic carbocycles. The first-order valence-electron chi connectivity index (χ1n) is 6.36. The van der Waals surface area contributed by atoms with Gasteiger partial charge in [0.05, 0.1) is 6.54 Å². The molecule has 1 aromatic rings. The standard InChI is InChI=1S/C12H18N4O3S/c1-15(10-12(17)16-7-5-13-6-8-16)20(18,19)11-3-2-4-14-9-11/h2-4,9,13H,5-8,10H2,1H3. The van der Waals surface area contributed by atoms with Gasteiger partial charge in [-0.1, -0.05) is 0 Å². The van der Waals surface area contributed by atoms with Crippen LogP contribution in [0.15, 0.2) is 29.4 Å². The number of sulfonamides is 1. The summed E-state index contributed by atoms with van der Waals surface area (Å²) in [4.78, 5) is 17.6. The number of amides is 1. The van der Waals surface area contributed by atoms with Gasteiger partial charge in [-0.05, 0) is 12.1 Å². The van der Waals surface area contributed by atoms with Gasteiger partial charge in [-0.3, -0.25) is 9.78 Å². The van der Waals surface area contributed by atoms with Crippen LogP contribution in [0.5, 0.6) is 0 Å². The van der Waals surface area contributed by atoms with Gasteiger partial charge in [0.25, 0.3) is 0 Å². The normalized spacial score (nSPS) is 16.4. The van der Waals surface area contributed by atoms with Crippen LogP contribution in [0.25, 0.3) is 0 Å². The van der Waals surface area contributed by atoms with Crippen molar-refractivity contribution in [2.24, 2.45) is 0 Å². The second kappa shape index (κ2) is 6.29. The first-order valence-corrected chi connectivity index (χ1v) is 7.80. The summed E-state index contributed by atoms with van der Waals surface area (Å²) in [6.07, 6.45) is 2.78. The number of carbonyl (C=O) groups excluding carboxylic acids is 1. The van der Waals surface area contributed by atoms with E-state index in [9.17, 15) is 13.2 Å². The van der Waals surface area contributed by atoms with Crippen LogP contribution in [0.2, 0.25) is 0 Å². The van der Waals surface area contributed by atoms with Crippen LogP contribution in [-0.2, 0) is 14.8 Å². The predicted octanol–water partition coefficient (Wildman–Crippen LogP) is -0.866. The van der Waals surface area contributed by atoms with Gasteiger partial charge in [0.15, 0.2) is 0 Å². The number of hydrogen-bond donors (Lipinski definition) is 1. The number of hydrogen-bond acceptors (Lipinski definition) is 5. The number of aromatic nitrogens is 1. The highest BCUT2D eigenvalue weighted by atomic mass is 32.2. The molecule has 2 heterocycles. The highest BCUT2D eigenvalue weighted by Gasteiger charge is 2.25. The van der Waals surface area contributed by atoms with E-state index in [0.717, 1.165) is 17.4 Å². The Balaban J connectivity index is 2.04. The van der Waals surface area contributed by atoms with Gasteiger partial charge in [0.1, 0.15) is 4.90 Å². The molecule has 2 rings (SSSR count). The van der Waals surface area contributed by atoms with Gasteiger partial charge in [-0.2, -0.15) is 4.31 Å². The molecule has 20 heavy (non-hydrogen) atoms. The Morgan fingerprint density at radius 2 is 2.15 bits per heavy atom. The van der Waals surface area contributed by atoms with Crippen molar-refractivity contribution >= 4 is 15.9 Å². The fourth-order valence-electron chi connectivity index (χ4n) is 1.97.